The second kappa shape index (κ2) is 6.58. The predicted molar refractivity (Wildman–Crippen MR) is 72.9 cm³/mol. The van der Waals surface area contributed by atoms with E-state index in [1.54, 1.807) is 0 Å². The molecule has 0 aliphatic carbocycles. The van der Waals surface area contributed by atoms with Crippen LogP contribution in [0, 0.1) is 17.8 Å². The Morgan fingerprint density at radius 3 is 2.35 bits per heavy atom. The predicted octanol–water partition coefficient (Wildman–Crippen LogP) is 0.202. The number of urea groups is 1. The number of nitrogens with zero attached hydrogens (tertiary/aromatic N) is 2. The summed E-state index contributed by atoms with van der Waals surface area (Å²) in [5.74, 6) is -1.90. The molecule has 0 aromatic heterocycles. The Morgan fingerprint density at radius 2 is 1.95 bits per heavy atom. The highest BCUT2D eigenvalue weighted by molar-refractivity contribution is 5.83. The maximum Gasteiger partial charge on any atom is 0.320 e. The Bertz CT molecular complexity index is 397. The van der Waals surface area contributed by atoms with Crippen LogP contribution >= 0.6 is 0 Å². The number of likely N-dealkylation sites (tertiary alicyclic amines) is 1. The van der Waals surface area contributed by atoms with E-state index in [2.05, 4.69) is 0 Å². The third kappa shape index (κ3) is 4.11. The van der Waals surface area contributed by atoms with Gasteiger partial charge in [-0.1, -0.05) is 20.8 Å². The summed E-state index contributed by atoms with van der Waals surface area (Å²) < 4.78 is 0. The number of aliphatic carboxylic acids is 1. The van der Waals surface area contributed by atoms with Crippen LogP contribution in [0.4, 0.5) is 4.79 Å². The smallest absolute Gasteiger partial charge is 0.320 e. The fraction of sp³-hybridized carbons (Fsp3) is 0.769. The number of carboxylic acids is 1. The highest BCUT2D eigenvalue weighted by Gasteiger charge is 2.38. The molecule has 0 saturated carbocycles. The molecule has 3 amide bonds. The molecule has 1 aliphatic rings. The number of amides is 3. The first-order chi connectivity index (χ1) is 9.22. The summed E-state index contributed by atoms with van der Waals surface area (Å²) in [7, 11) is 0. The molecule has 0 radical (unpaired) electrons. The first-order valence-electron chi connectivity index (χ1n) is 6.77. The van der Waals surface area contributed by atoms with Gasteiger partial charge < -0.3 is 20.6 Å². The van der Waals surface area contributed by atoms with E-state index >= 15 is 0 Å². The van der Waals surface area contributed by atoms with Crippen molar-refractivity contribution in [3.63, 3.8) is 0 Å². The zero-order valence-electron chi connectivity index (χ0n) is 12.2. The Labute approximate surface area is 118 Å². The molecule has 2 atom stereocenters. The average Bonchev–Trinajstić information content (AvgIpc) is 2.68. The van der Waals surface area contributed by atoms with Gasteiger partial charge in [-0.3, -0.25) is 9.59 Å². The van der Waals surface area contributed by atoms with E-state index in [1.165, 1.54) is 9.80 Å². The summed E-state index contributed by atoms with van der Waals surface area (Å²) in [6, 6.07) is -0.312. The SMILES string of the molecule is CC(C)CN(CC(N)=O)C(=O)N1C[C@@H](C)[C@H](C(=O)O)C1. The lowest BCUT2D eigenvalue weighted by Gasteiger charge is -2.28. The Morgan fingerprint density at radius 1 is 1.35 bits per heavy atom. The molecule has 114 valence electrons. The third-order valence-electron chi connectivity index (χ3n) is 3.40. The quantitative estimate of drug-likeness (QED) is 0.753. The van der Waals surface area contributed by atoms with Gasteiger partial charge in [0.15, 0.2) is 0 Å². The molecular formula is C13H23N3O4. The second-order valence-electron chi connectivity index (χ2n) is 5.85. The fourth-order valence-electron chi connectivity index (χ4n) is 2.48. The van der Waals surface area contributed by atoms with Crippen LogP contribution in [0.25, 0.3) is 0 Å². The van der Waals surface area contributed by atoms with E-state index in [0.29, 0.717) is 13.1 Å². The number of rotatable bonds is 5. The van der Waals surface area contributed by atoms with Crippen molar-refractivity contribution in [3.05, 3.63) is 0 Å². The zero-order valence-corrected chi connectivity index (χ0v) is 12.2. The van der Waals surface area contributed by atoms with Crippen molar-refractivity contribution < 1.29 is 19.5 Å². The summed E-state index contributed by atoms with van der Waals surface area (Å²) in [6.45, 7) is 6.55. The lowest BCUT2D eigenvalue weighted by Crippen LogP contribution is -2.47. The molecular weight excluding hydrogens is 262 g/mol. The topological polar surface area (TPSA) is 104 Å². The van der Waals surface area contributed by atoms with Gasteiger partial charge in [0.25, 0.3) is 0 Å². The van der Waals surface area contributed by atoms with E-state index in [9.17, 15) is 14.4 Å². The van der Waals surface area contributed by atoms with Gasteiger partial charge in [-0.2, -0.15) is 0 Å². The van der Waals surface area contributed by atoms with Crippen LogP contribution in [0.2, 0.25) is 0 Å². The third-order valence-corrected chi connectivity index (χ3v) is 3.40. The molecule has 7 heteroatoms. The van der Waals surface area contributed by atoms with Crippen molar-refractivity contribution >= 4 is 17.9 Å². The molecule has 20 heavy (non-hydrogen) atoms. The van der Waals surface area contributed by atoms with Crippen LogP contribution in [0.15, 0.2) is 0 Å². The van der Waals surface area contributed by atoms with Crippen molar-refractivity contribution in [1.82, 2.24) is 9.80 Å². The minimum atomic E-state index is -0.891. The number of hydrogen-bond donors (Lipinski definition) is 2. The maximum atomic E-state index is 12.4. The monoisotopic (exact) mass is 285 g/mol. The van der Waals surface area contributed by atoms with Gasteiger partial charge in [-0.25, -0.2) is 4.79 Å². The maximum absolute atomic E-state index is 12.4. The van der Waals surface area contributed by atoms with Crippen molar-refractivity contribution in [2.75, 3.05) is 26.2 Å². The fourth-order valence-corrected chi connectivity index (χ4v) is 2.48. The summed E-state index contributed by atoms with van der Waals surface area (Å²) in [5.41, 5.74) is 5.16. The largest absolute Gasteiger partial charge is 0.481 e. The first-order valence-corrected chi connectivity index (χ1v) is 6.77. The van der Waals surface area contributed by atoms with E-state index in [4.69, 9.17) is 10.8 Å². The molecule has 0 bridgehead atoms. The highest BCUT2D eigenvalue weighted by atomic mass is 16.4. The number of hydrogen-bond acceptors (Lipinski definition) is 3. The van der Waals surface area contributed by atoms with Crippen LogP contribution in [0.3, 0.4) is 0 Å². The van der Waals surface area contributed by atoms with Crippen LogP contribution < -0.4 is 5.73 Å². The number of nitrogens with two attached hydrogens (primary N) is 1. The molecule has 7 nitrogen and oxygen atoms in total. The normalized spacial score (nSPS) is 22.1. The number of carbonyl (C=O) groups excluding carboxylic acids is 2. The van der Waals surface area contributed by atoms with E-state index < -0.39 is 17.8 Å². The van der Waals surface area contributed by atoms with Crippen LogP contribution in [-0.4, -0.2) is 59.0 Å². The molecule has 1 rings (SSSR count). The van der Waals surface area contributed by atoms with Gasteiger partial charge in [-0.05, 0) is 11.8 Å². The van der Waals surface area contributed by atoms with Crippen LogP contribution in [-0.2, 0) is 9.59 Å². The van der Waals surface area contributed by atoms with Crippen molar-refractivity contribution in [3.8, 4) is 0 Å². The lowest BCUT2D eigenvalue weighted by atomic mass is 9.99. The first kappa shape index (κ1) is 16.3. The molecule has 0 spiro atoms. The molecule has 1 aliphatic heterocycles. The summed E-state index contributed by atoms with van der Waals surface area (Å²) in [5, 5.41) is 9.09. The van der Waals surface area contributed by atoms with Crippen LogP contribution in [0.5, 0.6) is 0 Å². The summed E-state index contributed by atoms with van der Waals surface area (Å²) in [6.07, 6.45) is 0. The Hall–Kier alpha value is -1.79. The number of carboxylic acid groups (broad SMARTS) is 1. The molecule has 3 N–H and O–H groups in total. The minimum Gasteiger partial charge on any atom is -0.481 e. The molecule has 1 fully saturated rings. The molecule has 0 aromatic rings. The van der Waals surface area contributed by atoms with Crippen LogP contribution in [0.1, 0.15) is 20.8 Å². The summed E-state index contributed by atoms with van der Waals surface area (Å²) in [4.78, 5) is 37.4. The molecule has 1 saturated heterocycles. The van der Waals surface area contributed by atoms with E-state index in [-0.39, 0.29) is 31.0 Å². The van der Waals surface area contributed by atoms with Crippen molar-refractivity contribution in [2.24, 2.45) is 23.5 Å². The molecule has 0 aromatic carbocycles. The number of carbonyl (C=O) groups is 3. The van der Waals surface area contributed by atoms with Gasteiger partial charge in [0.2, 0.25) is 5.91 Å². The second-order valence-corrected chi connectivity index (χ2v) is 5.85. The molecule has 1 heterocycles. The number of primary amides is 1. The van der Waals surface area contributed by atoms with E-state index in [0.717, 1.165) is 0 Å². The van der Waals surface area contributed by atoms with Gasteiger partial charge in [0.1, 0.15) is 6.54 Å². The Balaban J connectivity index is 2.75. The van der Waals surface area contributed by atoms with Gasteiger partial charge in [0, 0.05) is 19.6 Å². The van der Waals surface area contributed by atoms with Gasteiger partial charge in [-0.15, -0.1) is 0 Å². The summed E-state index contributed by atoms with van der Waals surface area (Å²) >= 11 is 0. The molecule has 0 unspecified atom stereocenters. The standard InChI is InChI=1S/C13H23N3O4/c1-8(2)4-15(7-11(14)17)13(20)16-5-9(3)10(6-16)12(18)19/h8-10H,4-7H2,1-3H3,(H2,14,17)(H,18,19)/t9-,10-/m1/s1. The zero-order chi connectivity index (χ0) is 15.4. The van der Waals surface area contributed by atoms with Gasteiger partial charge in [0.05, 0.1) is 5.92 Å². The minimum absolute atomic E-state index is 0.0917. The Kier molecular flexibility index (Phi) is 5.35. The average molecular weight is 285 g/mol. The highest BCUT2D eigenvalue weighted by Crippen LogP contribution is 2.24. The van der Waals surface area contributed by atoms with Crippen molar-refractivity contribution in [2.45, 2.75) is 20.8 Å². The van der Waals surface area contributed by atoms with Crippen molar-refractivity contribution in [1.29, 1.82) is 0 Å². The van der Waals surface area contributed by atoms with Gasteiger partial charge >= 0.3 is 12.0 Å². The lowest BCUT2D eigenvalue weighted by molar-refractivity contribution is -0.142. The van der Waals surface area contributed by atoms with E-state index in [1.807, 2.05) is 20.8 Å².